The van der Waals surface area contributed by atoms with Crippen molar-refractivity contribution in [3.8, 4) is 5.75 Å². The van der Waals surface area contributed by atoms with Crippen molar-refractivity contribution in [2.45, 2.75) is 39.3 Å². The molecule has 4 nitrogen and oxygen atoms in total. The summed E-state index contributed by atoms with van der Waals surface area (Å²) in [6.45, 7) is 7.03. The summed E-state index contributed by atoms with van der Waals surface area (Å²) in [6, 6.07) is 7.74. The Kier molecular flexibility index (Phi) is 5.01. The molecule has 20 heavy (non-hydrogen) atoms. The van der Waals surface area contributed by atoms with E-state index in [2.05, 4.69) is 17.9 Å². The zero-order valence-corrected chi connectivity index (χ0v) is 12.2. The third kappa shape index (κ3) is 4.23. The summed E-state index contributed by atoms with van der Waals surface area (Å²) in [5.74, 6) is 0.514. The summed E-state index contributed by atoms with van der Waals surface area (Å²) in [7, 11) is 0. The first-order chi connectivity index (χ1) is 9.54. The molecule has 1 fully saturated rings. The van der Waals surface area contributed by atoms with E-state index in [4.69, 9.17) is 9.84 Å². The van der Waals surface area contributed by atoms with Gasteiger partial charge < -0.3 is 9.84 Å². The van der Waals surface area contributed by atoms with Crippen LogP contribution in [0, 0.1) is 5.92 Å². The van der Waals surface area contributed by atoms with Gasteiger partial charge in [0, 0.05) is 6.54 Å². The molecular weight excluding hydrogens is 254 g/mol. The first-order valence-corrected chi connectivity index (χ1v) is 7.25. The minimum Gasteiger partial charge on any atom is -0.479 e. The van der Waals surface area contributed by atoms with E-state index in [1.54, 1.807) is 13.0 Å². The predicted octanol–water partition coefficient (Wildman–Crippen LogP) is 2.77. The second-order valence-electron chi connectivity index (χ2n) is 5.70. The van der Waals surface area contributed by atoms with Gasteiger partial charge in [0.15, 0.2) is 6.10 Å². The Morgan fingerprint density at radius 2 is 2.15 bits per heavy atom. The molecular formula is C16H23NO3. The van der Waals surface area contributed by atoms with Gasteiger partial charge in [0.25, 0.3) is 0 Å². The van der Waals surface area contributed by atoms with Crippen molar-refractivity contribution < 1.29 is 14.6 Å². The second-order valence-corrected chi connectivity index (χ2v) is 5.70. The van der Waals surface area contributed by atoms with Crippen LogP contribution in [0.5, 0.6) is 5.75 Å². The van der Waals surface area contributed by atoms with E-state index in [-0.39, 0.29) is 0 Å². The van der Waals surface area contributed by atoms with E-state index in [1.165, 1.54) is 18.4 Å². The standard InChI is InChI=1S/C16H23NO3/c1-12-6-8-17(9-7-12)11-14-4-3-5-15(10-14)20-13(2)16(18)19/h3-5,10,12-13H,6-9,11H2,1-2H3,(H,18,19). The van der Waals surface area contributed by atoms with Gasteiger partial charge in [-0.1, -0.05) is 19.1 Å². The van der Waals surface area contributed by atoms with Crippen LogP contribution in [0.15, 0.2) is 24.3 Å². The number of rotatable bonds is 5. The van der Waals surface area contributed by atoms with Crippen molar-refractivity contribution in [2.75, 3.05) is 13.1 Å². The molecule has 0 amide bonds. The number of piperidine rings is 1. The molecule has 1 aromatic rings. The van der Waals surface area contributed by atoms with Crippen LogP contribution in [0.2, 0.25) is 0 Å². The molecule has 1 unspecified atom stereocenters. The Labute approximate surface area is 120 Å². The number of carboxylic acids is 1. The summed E-state index contributed by atoms with van der Waals surface area (Å²) >= 11 is 0. The van der Waals surface area contributed by atoms with Gasteiger partial charge >= 0.3 is 5.97 Å². The Morgan fingerprint density at radius 1 is 1.45 bits per heavy atom. The normalized spacial score (nSPS) is 18.7. The van der Waals surface area contributed by atoms with Crippen molar-refractivity contribution in [2.24, 2.45) is 5.92 Å². The monoisotopic (exact) mass is 277 g/mol. The van der Waals surface area contributed by atoms with E-state index in [0.717, 1.165) is 25.6 Å². The van der Waals surface area contributed by atoms with Crippen LogP contribution in [0.25, 0.3) is 0 Å². The molecule has 0 saturated carbocycles. The fourth-order valence-corrected chi connectivity index (χ4v) is 2.45. The molecule has 0 radical (unpaired) electrons. The molecule has 4 heteroatoms. The average molecular weight is 277 g/mol. The van der Waals surface area contributed by atoms with Gasteiger partial charge in [-0.25, -0.2) is 4.79 Å². The van der Waals surface area contributed by atoms with E-state index in [9.17, 15) is 4.79 Å². The van der Waals surface area contributed by atoms with Crippen molar-refractivity contribution >= 4 is 5.97 Å². The predicted molar refractivity (Wildman–Crippen MR) is 77.8 cm³/mol. The molecule has 0 aliphatic carbocycles. The van der Waals surface area contributed by atoms with Gasteiger partial charge in [-0.3, -0.25) is 4.90 Å². The van der Waals surface area contributed by atoms with Crippen LogP contribution in [-0.2, 0) is 11.3 Å². The number of benzene rings is 1. The summed E-state index contributed by atoms with van der Waals surface area (Å²) in [5, 5.41) is 8.87. The molecule has 110 valence electrons. The van der Waals surface area contributed by atoms with Gasteiger partial charge in [-0.15, -0.1) is 0 Å². The molecule has 1 aliphatic heterocycles. The largest absolute Gasteiger partial charge is 0.479 e. The van der Waals surface area contributed by atoms with Crippen LogP contribution in [0.1, 0.15) is 32.3 Å². The number of likely N-dealkylation sites (tertiary alicyclic amines) is 1. The SMILES string of the molecule is CC1CCN(Cc2cccc(OC(C)C(=O)O)c2)CC1. The third-order valence-corrected chi connectivity index (χ3v) is 3.84. The smallest absolute Gasteiger partial charge is 0.344 e. The Morgan fingerprint density at radius 3 is 2.80 bits per heavy atom. The summed E-state index contributed by atoms with van der Waals surface area (Å²) in [4.78, 5) is 13.2. The van der Waals surface area contributed by atoms with Crippen molar-refractivity contribution in [1.29, 1.82) is 0 Å². The summed E-state index contributed by atoms with van der Waals surface area (Å²) < 4.78 is 5.40. The van der Waals surface area contributed by atoms with Crippen molar-refractivity contribution in [3.05, 3.63) is 29.8 Å². The fourth-order valence-electron chi connectivity index (χ4n) is 2.45. The lowest BCUT2D eigenvalue weighted by molar-refractivity contribution is -0.144. The van der Waals surface area contributed by atoms with Crippen molar-refractivity contribution in [3.63, 3.8) is 0 Å². The highest BCUT2D eigenvalue weighted by Gasteiger charge is 2.16. The number of ether oxygens (including phenoxy) is 1. The maximum absolute atomic E-state index is 10.8. The highest BCUT2D eigenvalue weighted by Crippen LogP contribution is 2.20. The summed E-state index contributed by atoms with van der Waals surface area (Å²) in [6.07, 6.45) is 1.69. The van der Waals surface area contributed by atoms with Crippen LogP contribution in [-0.4, -0.2) is 35.2 Å². The average Bonchev–Trinajstić information content (AvgIpc) is 2.42. The summed E-state index contributed by atoms with van der Waals surface area (Å²) in [5.41, 5.74) is 1.18. The maximum Gasteiger partial charge on any atom is 0.344 e. The molecule has 0 aromatic heterocycles. The molecule has 1 atom stereocenters. The van der Waals surface area contributed by atoms with Gasteiger partial charge in [-0.2, -0.15) is 0 Å². The first kappa shape index (κ1) is 14.9. The highest BCUT2D eigenvalue weighted by molar-refractivity contribution is 5.72. The van der Waals surface area contributed by atoms with Crippen LogP contribution in [0.4, 0.5) is 0 Å². The molecule has 1 saturated heterocycles. The highest BCUT2D eigenvalue weighted by atomic mass is 16.5. The molecule has 2 rings (SSSR count). The second kappa shape index (κ2) is 6.75. The lowest BCUT2D eigenvalue weighted by Crippen LogP contribution is -2.32. The number of aliphatic carboxylic acids is 1. The molecule has 0 spiro atoms. The van der Waals surface area contributed by atoms with Gasteiger partial charge in [0.1, 0.15) is 5.75 Å². The minimum absolute atomic E-state index is 0.628. The zero-order valence-electron chi connectivity index (χ0n) is 12.2. The topological polar surface area (TPSA) is 49.8 Å². The molecule has 1 aliphatic rings. The lowest BCUT2D eigenvalue weighted by atomic mass is 9.99. The quantitative estimate of drug-likeness (QED) is 0.899. The number of hydrogen-bond acceptors (Lipinski definition) is 3. The lowest BCUT2D eigenvalue weighted by Gasteiger charge is -2.30. The zero-order chi connectivity index (χ0) is 14.5. The van der Waals surface area contributed by atoms with E-state index in [1.807, 2.05) is 12.1 Å². The van der Waals surface area contributed by atoms with Gasteiger partial charge in [-0.05, 0) is 56.5 Å². The van der Waals surface area contributed by atoms with Crippen LogP contribution in [0.3, 0.4) is 0 Å². The Balaban J connectivity index is 1.94. The Hall–Kier alpha value is -1.55. The number of hydrogen-bond donors (Lipinski definition) is 1. The van der Waals surface area contributed by atoms with Crippen LogP contribution < -0.4 is 4.74 Å². The molecule has 1 heterocycles. The van der Waals surface area contributed by atoms with Gasteiger partial charge in [0.2, 0.25) is 0 Å². The van der Waals surface area contributed by atoms with Crippen molar-refractivity contribution in [1.82, 2.24) is 4.90 Å². The van der Waals surface area contributed by atoms with E-state index in [0.29, 0.717) is 5.75 Å². The molecule has 1 N–H and O–H groups in total. The molecule has 0 bridgehead atoms. The maximum atomic E-state index is 10.8. The number of nitrogens with zero attached hydrogens (tertiary/aromatic N) is 1. The fraction of sp³-hybridized carbons (Fsp3) is 0.562. The third-order valence-electron chi connectivity index (χ3n) is 3.84. The number of carbonyl (C=O) groups is 1. The minimum atomic E-state index is -0.944. The van der Waals surface area contributed by atoms with Crippen LogP contribution >= 0.6 is 0 Å². The van der Waals surface area contributed by atoms with E-state index >= 15 is 0 Å². The molecule has 1 aromatic carbocycles. The first-order valence-electron chi connectivity index (χ1n) is 7.25. The van der Waals surface area contributed by atoms with E-state index < -0.39 is 12.1 Å². The number of carboxylic acid groups (broad SMARTS) is 1. The van der Waals surface area contributed by atoms with Gasteiger partial charge in [0.05, 0.1) is 0 Å². The Bertz CT molecular complexity index is 453.